The largest absolute Gasteiger partial charge is 0.338 e. The van der Waals surface area contributed by atoms with Gasteiger partial charge in [-0.05, 0) is 43.9 Å². The van der Waals surface area contributed by atoms with Gasteiger partial charge in [-0.1, -0.05) is 25.0 Å². The molecule has 0 aromatic heterocycles. The van der Waals surface area contributed by atoms with Gasteiger partial charge in [-0.3, -0.25) is 0 Å². The average Bonchev–Trinajstić information content (AvgIpc) is 2.96. The Kier molecular flexibility index (Phi) is 5.39. The van der Waals surface area contributed by atoms with E-state index in [-0.39, 0.29) is 11.8 Å². The van der Waals surface area contributed by atoms with Gasteiger partial charge in [0.25, 0.3) is 0 Å². The van der Waals surface area contributed by atoms with Gasteiger partial charge in [0, 0.05) is 19.1 Å². The van der Waals surface area contributed by atoms with Crippen molar-refractivity contribution in [2.75, 3.05) is 13.1 Å². The fourth-order valence-electron chi connectivity index (χ4n) is 2.85. The zero-order valence-electron chi connectivity index (χ0n) is 12.1. The summed E-state index contributed by atoms with van der Waals surface area (Å²) in [4.78, 5) is 14.1. The third-order valence-electron chi connectivity index (χ3n) is 3.97. The van der Waals surface area contributed by atoms with Gasteiger partial charge in [-0.25, -0.2) is 9.18 Å². The lowest BCUT2D eigenvalue weighted by atomic mass is 10.1. The molecule has 2 rings (SSSR count). The Morgan fingerprint density at radius 3 is 2.55 bits per heavy atom. The van der Waals surface area contributed by atoms with Crippen molar-refractivity contribution >= 4 is 6.03 Å². The first-order valence-corrected chi connectivity index (χ1v) is 7.49. The van der Waals surface area contributed by atoms with Gasteiger partial charge < -0.3 is 10.2 Å². The summed E-state index contributed by atoms with van der Waals surface area (Å²) in [6, 6.07) is 6.86. The number of carbonyl (C=O) groups excluding carboxylic acids is 1. The molecular weight excluding hydrogens is 255 g/mol. The number of urea groups is 1. The summed E-state index contributed by atoms with van der Waals surface area (Å²) >= 11 is 0. The molecule has 2 amide bonds. The molecule has 1 N–H and O–H groups in total. The normalized spacial score (nSPS) is 15.3. The Labute approximate surface area is 120 Å². The number of hydrogen-bond acceptors (Lipinski definition) is 1. The second kappa shape index (κ2) is 7.27. The van der Waals surface area contributed by atoms with Gasteiger partial charge >= 0.3 is 6.03 Å². The van der Waals surface area contributed by atoms with E-state index in [1.165, 1.54) is 25.0 Å². The molecule has 3 nitrogen and oxygen atoms in total. The second-order valence-corrected chi connectivity index (χ2v) is 5.33. The molecule has 0 atom stereocenters. The highest BCUT2D eigenvalue weighted by Gasteiger charge is 2.24. The average molecular weight is 278 g/mol. The first-order valence-electron chi connectivity index (χ1n) is 7.49. The first-order chi connectivity index (χ1) is 9.70. The van der Waals surface area contributed by atoms with E-state index in [0.717, 1.165) is 31.4 Å². The Hall–Kier alpha value is -1.58. The van der Waals surface area contributed by atoms with Crippen LogP contribution in [0.25, 0.3) is 0 Å². The molecule has 20 heavy (non-hydrogen) atoms. The van der Waals surface area contributed by atoms with E-state index in [1.807, 2.05) is 11.8 Å². The zero-order chi connectivity index (χ0) is 14.4. The predicted molar refractivity (Wildman–Crippen MR) is 78.1 cm³/mol. The van der Waals surface area contributed by atoms with Crippen LogP contribution in [0.2, 0.25) is 0 Å². The summed E-state index contributed by atoms with van der Waals surface area (Å²) in [6.07, 6.45) is 5.43. The van der Waals surface area contributed by atoms with E-state index in [0.29, 0.717) is 12.6 Å². The highest BCUT2D eigenvalue weighted by Crippen LogP contribution is 2.23. The highest BCUT2D eigenvalue weighted by atomic mass is 19.1. The minimum Gasteiger partial charge on any atom is -0.338 e. The van der Waals surface area contributed by atoms with Gasteiger partial charge in [0.2, 0.25) is 0 Å². The lowest BCUT2D eigenvalue weighted by Crippen LogP contribution is -2.45. The maximum Gasteiger partial charge on any atom is 0.317 e. The van der Waals surface area contributed by atoms with Crippen LogP contribution in [0.3, 0.4) is 0 Å². The fraction of sp³-hybridized carbons (Fsp3) is 0.562. The van der Waals surface area contributed by atoms with Gasteiger partial charge in [-0.2, -0.15) is 0 Å². The highest BCUT2D eigenvalue weighted by molar-refractivity contribution is 5.74. The summed E-state index contributed by atoms with van der Waals surface area (Å²) in [5.41, 5.74) is 1.04. The van der Waals surface area contributed by atoms with Crippen LogP contribution in [-0.4, -0.2) is 30.1 Å². The first kappa shape index (κ1) is 14.8. The van der Waals surface area contributed by atoms with E-state index >= 15 is 0 Å². The SMILES string of the molecule is CCN(C(=O)NCCc1ccc(F)cc1)C1CCCC1. The molecule has 0 unspecified atom stereocenters. The smallest absolute Gasteiger partial charge is 0.317 e. The van der Waals surface area contributed by atoms with Crippen LogP contribution >= 0.6 is 0 Å². The maximum absolute atomic E-state index is 12.8. The van der Waals surface area contributed by atoms with E-state index in [2.05, 4.69) is 5.32 Å². The molecule has 0 heterocycles. The van der Waals surface area contributed by atoms with E-state index in [4.69, 9.17) is 0 Å². The monoisotopic (exact) mass is 278 g/mol. The molecule has 1 aliphatic rings. The zero-order valence-corrected chi connectivity index (χ0v) is 12.1. The van der Waals surface area contributed by atoms with Crippen molar-refractivity contribution in [3.05, 3.63) is 35.6 Å². The van der Waals surface area contributed by atoms with E-state index < -0.39 is 0 Å². The summed E-state index contributed by atoms with van der Waals surface area (Å²) in [5, 5.41) is 2.97. The van der Waals surface area contributed by atoms with Crippen molar-refractivity contribution in [3.63, 3.8) is 0 Å². The van der Waals surface area contributed by atoms with E-state index in [9.17, 15) is 9.18 Å². The molecule has 0 bridgehead atoms. The van der Waals surface area contributed by atoms with Crippen molar-refractivity contribution in [1.29, 1.82) is 0 Å². The number of nitrogens with zero attached hydrogens (tertiary/aromatic N) is 1. The van der Waals surface area contributed by atoms with Gasteiger partial charge in [-0.15, -0.1) is 0 Å². The Bertz CT molecular complexity index is 427. The summed E-state index contributed by atoms with van der Waals surface area (Å²) in [6.45, 7) is 3.37. The molecule has 0 radical (unpaired) electrons. The van der Waals surface area contributed by atoms with Crippen LogP contribution < -0.4 is 5.32 Å². The lowest BCUT2D eigenvalue weighted by molar-refractivity contribution is 0.179. The molecule has 110 valence electrons. The summed E-state index contributed by atoms with van der Waals surface area (Å²) in [7, 11) is 0. The van der Waals surface area contributed by atoms with Crippen molar-refractivity contribution in [2.45, 2.75) is 45.1 Å². The van der Waals surface area contributed by atoms with Crippen molar-refractivity contribution in [2.24, 2.45) is 0 Å². The third kappa shape index (κ3) is 3.95. The standard InChI is InChI=1S/C16H23FN2O/c1-2-19(15-5-3-4-6-15)16(20)18-12-11-13-7-9-14(17)10-8-13/h7-10,15H,2-6,11-12H2,1H3,(H,18,20). The minimum atomic E-state index is -0.226. The number of carbonyl (C=O) groups is 1. The topological polar surface area (TPSA) is 32.3 Å². The van der Waals surface area contributed by atoms with Crippen molar-refractivity contribution in [3.8, 4) is 0 Å². The van der Waals surface area contributed by atoms with Gasteiger partial charge in [0.05, 0.1) is 0 Å². The minimum absolute atomic E-state index is 0.0292. The van der Waals surface area contributed by atoms with Crippen LogP contribution in [0, 0.1) is 5.82 Å². The van der Waals surface area contributed by atoms with Crippen LogP contribution in [0.5, 0.6) is 0 Å². The van der Waals surface area contributed by atoms with E-state index in [1.54, 1.807) is 12.1 Å². The number of rotatable bonds is 5. The third-order valence-corrected chi connectivity index (χ3v) is 3.97. The molecular formula is C16H23FN2O. The molecule has 1 fully saturated rings. The molecule has 1 aromatic rings. The molecule has 4 heteroatoms. The number of benzene rings is 1. The fourth-order valence-corrected chi connectivity index (χ4v) is 2.85. The number of nitrogens with one attached hydrogen (secondary N) is 1. The number of hydrogen-bond donors (Lipinski definition) is 1. The van der Waals surface area contributed by atoms with Crippen molar-refractivity contribution < 1.29 is 9.18 Å². The quantitative estimate of drug-likeness (QED) is 0.880. The van der Waals surface area contributed by atoms with Crippen LogP contribution in [0.15, 0.2) is 24.3 Å². The van der Waals surface area contributed by atoms with Gasteiger partial charge in [0.1, 0.15) is 5.82 Å². The summed E-state index contributed by atoms with van der Waals surface area (Å²) < 4.78 is 12.8. The Balaban J connectivity index is 1.77. The molecule has 1 aromatic carbocycles. The predicted octanol–water partition coefficient (Wildman–Crippen LogP) is 3.34. The molecule has 1 saturated carbocycles. The summed E-state index contributed by atoms with van der Waals surface area (Å²) in [5.74, 6) is -0.226. The Morgan fingerprint density at radius 1 is 1.30 bits per heavy atom. The molecule has 0 saturated heterocycles. The second-order valence-electron chi connectivity index (χ2n) is 5.33. The molecule has 0 spiro atoms. The van der Waals surface area contributed by atoms with Crippen LogP contribution in [-0.2, 0) is 6.42 Å². The lowest BCUT2D eigenvalue weighted by Gasteiger charge is -2.27. The van der Waals surface area contributed by atoms with Crippen LogP contribution in [0.4, 0.5) is 9.18 Å². The van der Waals surface area contributed by atoms with Crippen molar-refractivity contribution in [1.82, 2.24) is 10.2 Å². The number of halogens is 1. The molecule has 1 aliphatic carbocycles. The van der Waals surface area contributed by atoms with Crippen LogP contribution in [0.1, 0.15) is 38.2 Å². The molecule has 0 aliphatic heterocycles. The van der Waals surface area contributed by atoms with Gasteiger partial charge in [0.15, 0.2) is 0 Å². The maximum atomic E-state index is 12.8. The Morgan fingerprint density at radius 2 is 1.95 bits per heavy atom. The number of amides is 2.